The zero-order chi connectivity index (χ0) is 13.3. The van der Waals surface area contributed by atoms with Crippen LogP contribution in [0.4, 0.5) is 5.95 Å². The van der Waals surface area contributed by atoms with Crippen molar-refractivity contribution < 1.29 is 14.6 Å². The Labute approximate surface area is 105 Å². The molecule has 2 rings (SSSR count). The molecule has 1 saturated carbocycles. The van der Waals surface area contributed by atoms with E-state index in [1.807, 2.05) is 20.8 Å². The van der Waals surface area contributed by atoms with Crippen LogP contribution in [0.2, 0.25) is 0 Å². The highest BCUT2D eigenvalue weighted by atomic mass is 16.5. The van der Waals surface area contributed by atoms with Crippen LogP contribution < -0.4 is 10.1 Å². The average Bonchev–Trinajstić information content (AvgIpc) is 2.96. The average molecular weight is 251 g/mol. The summed E-state index contributed by atoms with van der Waals surface area (Å²) in [6, 6.07) is 1.73. The van der Waals surface area contributed by atoms with Crippen molar-refractivity contribution in [2.45, 2.75) is 45.3 Å². The Hall–Kier alpha value is -1.85. The van der Waals surface area contributed by atoms with Crippen LogP contribution in [0.5, 0.6) is 5.88 Å². The van der Waals surface area contributed by atoms with Gasteiger partial charge in [-0.1, -0.05) is 0 Å². The molecule has 0 spiro atoms. The first-order valence-electron chi connectivity index (χ1n) is 5.95. The Morgan fingerprint density at radius 3 is 2.67 bits per heavy atom. The minimum absolute atomic E-state index is 0.0153. The second-order valence-electron chi connectivity index (χ2n) is 4.85. The summed E-state index contributed by atoms with van der Waals surface area (Å²) in [5.41, 5.74) is -0.146. The van der Waals surface area contributed by atoms with Gasteiger partial charge in [0.25, 0.3) is 0 Å². The molecule has 6 nitrogen and oxygen atoms in total. The van der Waals surface area contributed by atoms with Gasteiger partial charge in [-0.15, -0.1) is 0 Å². The zero-order valence-electron chi connectivity index (χ0n) is 10.7. The third-order valence-electron chi connectivity index (χ3n) is 2.70. The van der Waals surface area contributed by atoms with E-state index in [-0.39, 0.29) is 6.10 Å². The lowest BCUT2D eigenvalue weighted by molar-refractivity contribution is -0.138. The van der Waals surface area contributed by atoms with Gasteiger partial charge < -0.3 is 15.2 Å². The number of rotatable bonds is 5. The molecule has 1 aliphatic carbocycles. The van der Waals surface area contributed by atoms with Crippen LogP contribution in [0.15, 0.2) is 6.07 Å². The van der Waals surface area contributed by atoms with E-state index in [0.717, 1.165) is 5.69 Å². The van der Waals surface area contributed by atoms with Gasteiger partial charge in [-0.05, 0) is 33.6 Å². The van der Waals surface area contributed by atoms with Gasteiger partial charge in [0.1, 0.15) is 5.54 Å². The van der Waals surface area contributed by atoms with E-state index in [1.165, 1.54) is 0 Å². The van der Waals surface area contributed by atoms with Crippen molar-refractivity contribution in [3.8, 4) is 5.88 Å². The number of carboxylic acid groups (broad SMARTS) is 1. The molecule has 0 atom stereocenters. The monoisotopic (exact) mass is 251 g/mol. The maximum Gasteiger partial charge on any atom is 0.329 e. The highest BCUT2D eigenvalue weighted by molar-refractivity contribution is 5.85. The number of nitrogens with one attached hydrogen (secondary N) is 1. The molecule has 0 amide bonds. The summed E-state index contributed by atoms with van der Waals surface area (Å²) in [7, 11) is 0. The van der Waals surface area contributed by atoms with E-state index >= 15 is 0 Å². The summed E-state index contributed by atoms with van der Waals surface area (Å²) in [4.78, 5) is 19.4. The van der Waals surface area contributed by atoms with Gasteiger partial charge in [0.05, 0.1) is 6.10 Å². The summed E-state index contributed by atoms with van der Waals surface area (Å²) in [5, 5.41) is 12.0. The number of aromatic nitrogens is 2. The number of hydrogen-bond acceptors (Lipinski definition) is 5. The topological polar surface area (TPSA) is 84.3 Å². The number of ether oxygens (including phenoxy) is 1. The first-order valence-corrected chi connectivity index (χ1v) is 5.95. The molecule has 0 aliphatic heterocycles. The van der Waals surface area contributed by atoms with E-state index < -0.39 is 11.5 Å². The van der Waals surface area contributed by atoms with E-state index in [0.29, 0.717) is 24.7 Å². The molecule has 1 fully saturated rings. The van der Waals surface area contributed by atoms with Crippen LogP contribution in [0.1, 0.15) is 32.4 Å². The maximum absolute atomic E-state index is 11.1. The molecule has 6 heteroatoms. The molecular formula is C12H17N3O3. The predicted octanol–water partition coefficient (Wildman–Crippen LogP) is 1.60. The minimum Gasteiger partial charge on any atom is -0.480 e. The van der Waals surface area contributed by atoms with Gasteiger partial charge in [-0.3, -0.25) is 0 Å². The summed E-state index contributed by atoms with van der Waals surface area (Å²) in [6.07, 6.45) is 1.21. The van der Waals surface area contributed by atoms with Gasteiger partial charge in [-0.25, -0.2) is 9.78 Å². The molecule has 1 aliphatic rings. The Morgan fingerprint density at radius 1 is 1.50 bits per heavy atom. The van der Waals surface area contributed by atoms with Crippen molar-refractivity contribution in [2.24, 2.45) is 0 Å². The lowest BCUT2D eigenvalue weighted by atomic mass is 10.3. The summed E-state index contributed by atoms with van der Waals surface area (Å²) in [5.74, 6) is -0.0920. The molecule has 1 heterocycles. The normalized spacial score (nSPS) is 16.4. The van der Waals surface area contributed by atoms with Crippen LogP contribution in [0, 0.1) is 6.92 Å². The first-order chi connectivity index (χ1) is 8.41. The van der Waals surface area contributed by atoms with Crippen molar-refractivity contribution in [1.29, 1.82) is 0 Å². The van der Waals surface area contributed by atoms with Crippen LogP contribution in [-0.2, 0) is 4.79 Å². The molecule has 2 N–H and O–H groups in total. The minimum atomic E-state index is -0.886. The predicted molar refractivity (Wildman–Crippen MR) is 65.8 cm³/mol. The second kappa shape index (κ2) is 4.44. The molecular weight excluding hydrogens is 234 g/mol. The second-order valence-corrected chi connectivity index (χ2v) is 4.85. The van der Waals surface area contributed by atoms with Gasteiger partial charge >= 0.3 is 5.97 Å². The SMILES string of the molecule is Cc1cc(OC(C)C)nc(NC2(C(=O)O)CC2)n1. The number of carbonyl (C=O) groups is 1. The van der Waals surface area contributed by atoms with Crippen LogP contribution >= 0.6 is 0 Å². The van der Waals surface area contributed by atoms with Gasteiger partial charge in [-0.2, -0.15) is 4.98 Å². The lowest BCUT2D eigenvalue weighted by Crippen LogP contribution is -2.32. The van der Waals surface area contributed by atoms with Crippen molar-refractivity contribution in [3.05, 3.63) is 11.8 Å². The largest absolute Gasteiger partial charge is 0.480 e. The molecule has 0 aromatic carbocycles. The fourth-order valence-electron chi connectivity index (χ4n) is 1.63. The quantitative estimate of drug-likeness (QED) is 0.827. The number of aliphatic carboxylic acids is 1. The maximum atomic E-state index is 11.1. The molecule has 1 aromatic heterocycles. The third kappa shape index (κ3) is 2.69. The Morgan fingerprint density at radius 2 is 2.17 bits per heavy atom. The Bertz CT molecular complexity index is 470. The van der Waals surface area contributed by atoms with Crippen LogP contribution in [0.3, 0.4) is 0 Å². The summed E-state index contributed by atoms with van der Waals surface area (Å²) in [6.45, 7) is 5.63. The lowest BCUT2D eigenvalue weighted by Gasteiger charge is -2.14. The Kier molecular flexibility index (Phi) is 3.11. The number of hydrogen-bond donors (Lipinski definition) is 2. The first kappa shape index (κ1) is 12.6. The van der Waals surface area contributed by atoms with Crippen LogP contribution in [-0.4, -0.2) is 32.7 Å². The van der Waals surface area contributed by atoms with E-state index in [4.69, 9.17) is 9.84 Å². The third-order valence-corrected chi connectivity index (χ3v) is 2.70. The van der Waals surface area contributed by atoms with Gasteiger partial charge in [0, 0.05) is 11.8 Å². The fraction of sp³-hybridized carbons (Fsp3) is 0.583. The van der Waals surface area contributed by atoms with E-state index in [2.05, 4.69) is 15.3 Å². The van der Waals surface area contributed by atoms with Crippen molar-refractivity contribution in [2.75, 3.05) is 5.32 Å². The highest BCUT2D eigenvalue weighted by Gasteiger charge is 2.51. The molecule has 0 radical (unpaired) electrons. The van der Waals surface area contributed by atoms with Crippen molar-refractivity contribution in [3.63, 3.8) is 0 Å². The molecule has 98 valence electrons. The summed E-state index contributed by atoms with van der Waals surface area (Å²) < 4.78 is 5.49. The number of aryl methyl sites for hydroxylation is 1. The van der Waals surface area contributed by atoms with Gasteiger partial charge in [0.2, 0.25) is 11.8 Å². The zero-order valence-corrected chi connectivity index (χ0v) is 10.7. The van der Waals surface area contributed by atoms with Crippen molar-refractivity contribution in [1.82, 2.24) is 9.97 Å². The molecule has 0 bridgehead atoms. The Balaban J connectivity index is 2.18. The smallest absolute Gasteiger partial charge is 0.329 e. The molecule has 1 aromatic rings. The van der Waals surface area contributed by atoms with Gasteiger partial charge in [0.15, 0.2) is 0 Å². The van der Waals surface area contributed by atoms with Crippen LogP contribution in [0.25, 0.3) is 0 Å². The van der Waals surface area contributed by atoms with Crippen molar-refractivity contribution >= 4 is 11.9 Å². The van der Waals surface area contributed by atoms with E-state index in [1.54, 1.807) is 6.07 Å². The number of anilines is 1. The number of carboxylic acids is 1. The molecule has 0 unspecified atom stereocenters. The highest BCUT2D eigenvalue weighted by Crippen LogP contribution is 2.38. The molecule has 0 saturated heterocycles. The van der Waals surface area contributed by atoms with E-state index in [9.17, 15) is 4.79 Å². The fourth-order valence-corrected chi connectivity index (χ4v) is 1.63. The number of nitrogens with zero attached hydrogens (tertiary/aromatic N) is 2. The molecule has 18 heavy (non-hydrogen) atoms. The summed E-state index contributed by atoms with van der Waals surface area (Å²) >= 11 is 0. The standard InChI is InChI=1S/C12H17N3O3/c1-7(2)18-9-6-8(3)13-11(14-9)15-12(4-5-12)10(16)17/h6-7H,4-5H2,1-3H3,(H,16,17)(H,13,14,15).